The van der Waals surface area contributed by atoms with E-state index >= 15 is 0 Å². The first-order chi connectivity index (χ1) is 7.22. The third-order valence-corrected chi connectivity index (χ3v) is 4.33. The average Bonchev–Trinajstić information content (AvgIpc) is 2.98. The Kier molecular flexibility index (Phi) is 3.71. The van der Waals surface area contributed by atoms with E-state index in [1.54, 1.807) is 0 Å². The minimum atomic E-state index is -0.274. The second-order valence-electron chi connectivity index (χ2n) is 5.96. The molecule has 88 valence electrons. The zero-order valence-electron chi connectivity index (χ0n) is 10.2. The van der Waals surface area contributed by atoms with E-state index in [9.17, 15) is 5.11 Å². The van der Waals surface area contributed by atoms with Crippen LogP contribution in [-0.4, -0.2) is 10.7 Å². The number of rotatable bonds is 4. The number of hydrogen-bond acceptors (Lipinski definition) is 1. The van der Waals surface area contributed by atoms with Crippen LogP contribution in [0.2, 0.25) is 0 Å². The van der Waals surface area contributed by atoms with Gasteiger partial charge in [-0.25, -0.2) is 0 Å². The fourth-order valence-corrected chi connectivity index (χ4v) is 3.22. The molecule has 0 amide bonds. The lowest BCUT2D eigenvalue weighted by Gasteiger charge is -2.26. The third-order valence-electron chi connectivity index (χ3n) is 4.33. The van der Waals surface area contributed by atoms with Gasteiger partial charge >= 0.3 is 0 Å². The van der Waals surface area contributed by atoms with E-state index in [0.717, 1.165) is 31.1 Å². The van der Waals surface area contributed by atoms with Gasteiger partial charge in [0.1, 0.15) is 0 Å². The Labute approximate surface area is 94.3 Å². The molecule has 0 aliphatic heterocycles. The van der Waals surface area contributed by atoms with Crippen molar-refractivity contribution in [3.05, 3.63) is 0 Å². The summed E-state index contributed by atoms with van der Waals surface area (Å²) in [6, 6.07) is 0. The van der Waals surface area contributed by atoms with Crippen LogP contribution in [-0.2, 0) is 0 Å². The molecule has 0 spiro atoms. The molecule has 2 aliphatic carbocycles. The van der Waals surface area contributed by atoms with Crippen molar-refractivity contribution in [2.45, 2.75) is 76.7 Å². The van der Waals surface area contributed by atoms with Gasteiger partial charge in [0.05, 0.1) is 5.60 Å². The molecule has 0 saturated heterocycles. The summed E-state index contributed by atoms with van der Waals surface area (Å²) in [4.78, 5) is 0. The van der Waals surface area contributed by atoms with Crippen LogP contribution in [0.4, 0.5) is 0 Å². The van der Waals surface area contributed by atoms with Crippen molar-refractivity contribution in [2.75, 3.05) is 0 Å². The van der Waals surface area contributed by atoms with E-state index in [0.29, 0.717) is 0 Å². The van der Waals surface area contributed by atoms with Gasteiger partial charge in [0.25, 0.3) is 0 Å². The van der Waals surface area contributed by atoms with E-state index in [-0.39, 0.29) is 5.60 Å². The molecular formula is C14H26O. The van der Waals surface area contributed by atoms with E-state index < -0.39 is 0 Å². The highest BCUT2D eigenvalue weighted by Gasteiger charge is 2.36. The second-order valence-corrected chi connectivity index (χ2v) is 5.96. The number of aliphatic hydroxyl groups is 1. The van der Waals surface area contributed by atoms with E-state index in [1.165, 1.54) is 44.9 Å². The first-order valence-corrected chi connectivity index (χ1v) is 6.94. The predicted octanol–water partition coefficient (Wildman–Crippen LogP) is 3.90. The predicted molar refractivity (Wildman–Crippen MR) is 63.8 cm³/mol. The zero-order valence-corrected chi connectivity index (χ0v) is 10.2. The summed E-state index contributed by atoms with van der Waals surface area (Å²) in [5.74, 6) is 1.78. The molecule has 2 fully saturated rings. The summed E-state index contributed by atoms with van der Waals surface area (Å²) in [7, 11) is 0. The van der Waals surface area contributed by atoms with Gasteiger partial charge in [-0.05, 0) is 37.5 Å². The van der Waals surface area contributed by atoms with Crippen LogP contribution in [0.1, 0.15) is 71.1 Å². The molecule has 2 atom stereocenters. The van der Waals surface area contributed by atoms with Crippen LogP contribution >= 0.6 is 0 Å². The SMILES string of the molecule is CCCC1CCCC(O)(CC2CC2)CC1. The standard InChI is InChI=1S/C14H26O/c1-2-4-12-5-3-9-14(15,10-8-12)11-13-6-7-13/h12-13,15H,2-11H2,1H3. The smallest absolute Gasteiger partial charge is 0.0650 e. The Morgan fingerprint density at radius 2 is 1.87 bits per heavy atom. The molecule has 0 aromatic heterocycles. The van der Waals surface area contributed by atoms with Crippen molar-refractivity contribution < 1.29 is 5.11 Å². The first-order valence-electron chi connectivity index (χ1n) is 6.94. The van der Waals surface area contributed by atoms with Gasteiger partial charge in [-0.3, -0.25) is 0 Å². The maximum atomic E-state index is 10.5. The molecule has 0 bridgehead atoms. The molecule has 1 N–H and O–H groups in total. The lowest BCUT2D eigenvalue weighted by molar-refractivity contribution is 0.0101. The molecule has 2 aliphatic rings. The van der Waals surface area contributed by atoms with Crippen molar-refractivity contribution in [1.29, 1.82) is 0 Å². The summed E-state index contributed by atoms with van der Waals surface area (Å²) in [5.41, 5.74) is -0.274. The lowest BCUT2D eigenvalue weighted by Crippen LogP contribution is -2.28. The first kappa shape index (κ1) is 11.4. The largest absolute Gasteiger partial charge is 0.390 e. The molecule has 0 heterocycles. The lowest BCUT2D eigenvalue weighted by atomic mass is 9.88. The Balaban J connectivity index is 1.81. The third kappa shape index (κ3) is 3.48. The highest BCUT2D eigenvalue weighted by atomic mass is 16.3. The Morgan fingerprint density at radius 3 is 2.53 bits per heavy atom. The van der Waals surface area contributed by atoms with Crippen LogP contribution in [0.15, 0.2) is 0 Å². The normalized spacial score (nSPS) is 37.6. The summed E-state index contributed by atoms with van der Waals surface area (Å²) in [6.45, 7) is 2.28. The molecule has 0 aromatic rings. The van der Waals surface area contributed by atoms with E-state index in [1.807, 2.05) is 0 Å². The summed E-state index contributed by atoms with van der Waals surface area (Å²) in [5, 5.41) is 10.5. The van der Waals surface area contributed by atoms with Crippen LogP contribution in [0.3, 0.4) is 0 Å². The number of hydrogen-bond donors (Lipinski definition) is 1. The fourth-order valence-electron chi connectivity index (χ4n) is 3.22. The molecule has 2 rings (SSSR count). The van der Waals surface area contributed by atoms with Crippen molar-refractivity contribution in [3.8, 4) is 0 Å². The molecular weight excluding hydrogens is 184 g/mol. The molecule has 0 aromatic carbocycles. The van der Waals surface area contributed by atoms with Gasteiger partial charge < -0.3 is 5.11 Å². The summed E-state index contributed by atoms with van der Waals surface area (Å²) in [6.07, 6.45) is 12.6. The van der Waals surface area contributed by atoms with E-state index in [4.69, 9.17) is 0 Å². The monoisotopic (exact) mass is 210 g/mol. The van der Waals surface area contributed by atoms with Crippen LogP contribution in [0.5, 0.6) is 0 Å². The average molecular weight is 210 g/mol. The van der Waals surface area contributed by atoms with Gasteiger partial charge in [-0.1, -0.05) is 45.4 Å². The van der Waals surface area contributed by atoms with Gasteiger partial charge in [0, 0.05) is 0 Å². The van der Waals surface area contributed by atoms with E-state index in [2.05, 4.69) is 6.92 Å². The minimum Gasteiger partial charge on any atom is -0.390 e. The van der Waals surface area contributed by atoms with Crippen molar-refractivity contribution >= 4 is 0 Å². The Bertz CT molecular complexity index is 198. The van der Waals surface area contributed by atoms with Gasteiger partial charge in [0.15, 0.2) is 0 Å². The van der Waals surface area contributed by atoms with Crippen LogP contribution in [0, 0.1) is 11.8 Å². The van der Waals surface area contributed by atoms with Crippen LogP contribution < -0.4 is 0 Å². The molecule has 1 heteroatoms. The van der Waals surface area contributed by atoms with Crippen molar-refractivity contribution in [1.82, 2.24) is 0 Å². The van der Waals surface area contributed by atoms with Crippen molar-refractivity contribution in [2.24, 2.45) is 11.8 Å². The van der Waals surface area contributed by atoms with Gasteiger partial charge in [-0.2, -0.15) is 0 Å². The maximum absolute atomic E-state index is 10.5. The minimum absolute atomic E-state index is 0.274. The molecule has 1 nitrogen and oxygen atoms in total. The highest BCUT2D eigenvalue weighted by molar-refractivity contribution is 4.89. The van der Waals surface area contributed by atoms with Gasteiger partial charge in [0.2, 0.25) is 0 Å². The molecule has 0 radical (unpaired) electrons. The topological polar surface area (TPSA) is 20.2 Å². The maximum Gasteiger partial charge on any atom is 0.0650 e. The summed E-state index contributed by atoms with van der Waals surface area (Å²) < 4.78 is 0. The van der Waals surface area contributed by atoms with Crippen LogP contribution in [0.25, 0.3) is 0 Å². The Morgan fingerprint density at radius 1 is 1.07 bits per heavy atom. The molecule has 2 unspecified atom stereocenters. The zero-order chi connectivity index (χ0) is 10.7. The van der Waals surface area contributed by atoms with Gasteiger partial charge in [-0.15, -0.1) is 0 Å². The molecule has 2 saturated carbocycles. The fraction of sp³-hybridized carbons (Fsp3) is 1.00. The van der Waals surface area contributed by atoms with Crippen molar-refractivity contribution in [3.63, 3.8) is 0 Å². The second kappa shape index (κ2) is 4.86. The quantitative estimate of drug-likeness (QED) is 0.698. The Hall–Kier alpha value is -0.0400. The molecule has 15 heavy (non-hydrogen) atoms. The summed E-state index contributed by atoms with van der Waals surface area (Å²) >= 11 is 0. The highest BCUT2D eigenvalue weighted by Crippen LogP contribution is 2.42.